The molecule has 2 aromatic rings. The Bertz CT molecular complexity index is 1600. The number of rotatable bonds is 8. The maximum absolute atomic E-state index is 11.5. The van der Waals surface area contributed by atoms with Crippen molar-refractivity contribution in [1.82, 2.24) is 9.97 Å². The van der Waals surface area contributed by atoms with Crippen LogP contribution >= 0.6 is 0 Å². The van der Waals surface area contributed by atoms with Gasteiger partial charge in [0, 0.05) is 12.8 Å². The van der Waals surface area contributed by atoms with Gasteiger partial charge in [0.05, 0.1) is 0 Å². The Labute approximate surface area is 264 Å². The van der Waals surface area contributed by atoms with Gasteiger partial charge in [0.2, 0.25) is 0 Å². The Hall–Kier alpha value is -3.68. The Morgan fingerprint density at radius 3 is 1.98 bits per heavy atom. The average molecular weight is 623 g/mol. The second-order valence-corrected chi connectivity index (χ2v) is 11.5. The predicted octanol–water partition coefficient (Wildman–Crippen LogP) is 6.78. The summed E-state index contributed by atoms with van der Waals surface area (Å²) in [5.41, 5.74) is 13.4. The van der Waals surface area contributed by atoms with Gasteiger partial charge in [0.1, 0.15) is 0 Å². The first-order chi connectivity index (χ1) is 20.0. The molecule has 8 bridgehead atoms. The normalized spacial score (nSPS) is 21.8. The molecule has 2 unspecified atom stereocenters. The van der Waals surface area contributed by atoms with Crippen molar-refractivity contribution in [2.24, 2.45) is 0 Å². The molecular formula is C34H38FeN4O4. The van der Waals surface area contributed by atoms with Crippen LogP contribution in [0.2, 0.25) is 0 Å². The number of carbonyl (C=O) groups is 2. The number of hydrogen-bond acceptors (Lipinski definition) is 2. The fourth-order valence-corrected chi connectivity index (χ4v) is 6.52. The summed E-state index contributed by atoms with van der Waals surface area (Å²) in [7, 11) is 0. The largest absolute Gasteiger partial charge is 4.00 e. The van der Waals surface area contributed by atoms with Crippen LogP contribution in [-0.2, 0) is 45.9 Å². The molecule has 0 fully saturated rings. The van der Waals surface area contributed by atoms with Crippen LogP contribution in [0.25, 0.3) is 28.9 Å². The van der Waals surface area contributed by atoms with E-state index in [1.165, 1.54) is 11.1 Å². The first-order valence-corrected chi connectivity index (χ1v) is 14.6. The summed E-state index contributed by atoms with van der Waals surface area (Å²) < 4.78 is 0. The predicted molar refractivity (Wildman–Crippen MR) is 165 cm³/mol. The van der Waals surface area contributed by atoms with Gasteiger partial charge in [-0.05, 0) is 52.5 Å². The minimum atomic E-state index is -0.864. The Morgan fingerprint density at radius 1 is 0.837 bits per heavy atom. The quantitative estimate of drug-likeness (QED) is 0.312. The number of carboxylic acid groups (broad SMARTS) is 2. The second kappa shape index (κ2) is 12.9. The molecule has 0 spiro atoms. The van der Waals surface area contributed by atoms with Crippen LogP contribution in [0.5, 0.6) is 0 Å². The van der Waals surface area contributed by atoms with Crippen LogP contribution in [0.3, 0.4) is 0 Å². The van der Waals surface area contributed by atoms with E-state index < -0.39 is 11.9 Å². The number of aliphatic carboxylic acids is 2. The first kappa shape index (κ1) is 32.2. The minimum Gasteiger partial charge on any atom is -0.678 e. The summed E-state index contributed by atoms with van der Waals surface area (Å²) >= 11 is 0. The van der Waals surface area contributed by atoms with Crippen molar-refractivity contribution in [3.8, 4) is 0 Å². The van der Waals surface area contributed by atoms with Crippen molar-refractivity contribution in [1.29, 1.82) is 0 Å². The van der Waals surface area contributed by atoms with E-state index in [1.807, 2.05) is 26.0 Å². The molecule has 5 rings (SSSR count). The minimum absolute atomic E-state index is 0. The van der Waals surface area contributed by atoms with Crippen LogP contribution in [0.1, 0.15) is 91.5 Å². The molecule has 5 heterocycles. The molecule has 2 aromatic heterocycles. The Kier molecular flexibility index (Phi) is 9.67. The number of nitrogens with zero attached hydrogens (tertiary/aromatic N) is 4. The molecule has 226 valence electrons. The van der Waals surface area contributed by atoms with Gasteiger partial charge in [-0.25, -0.2) is 0 Å². The van der Waals surface area contributed by atoms with E-state index in [4.69, 9.17) is 20.6 Å². The topological polar surface area (TPSA) is 131 Å². The zero-order valence-corrected chi connectivity index (χ0v) is 26.5. The fraction of sp³-hybridized carbons (Fsp3) is 0.412. The molecule has 0 aromatic carbocycles. The van der Waals surface area contributed by atoms with Gasteiger partial charge in [-0.15, -0.1) is 22.8 Å². The standard InChI is InChI=1S/C34H38N4O4.Fe/c1-7-21-17(3)25-13-26-19(5)23(9-11-33(39)40)31(37-26)16-32-24(10-12-34(41)42)20(6)28(38-32)15-30-22(8-2)18(4)27(36-30)14-29(21)35-25;/h8,14,16,25,28H,2,7,9-13,15H2,1,3-6H3,(H,39,40)(H,41,42);/q-4;+4/b29-14-,32-16-;. The molecule has 9 heteroatoms. The van der Waals surface area contributed by atoms with E-state index in [1.54, 1.807) is 0 Å². The fourth-order valence-electron chi connectivity index (χ4n) is 6.52. The van der Waals surface area contributed by atoms with Crippen molar-refractivity contribution in [3.05, 3.63) is 95.9 Å². The zero-order chi connectivity index (χ0) is 30.3. The maximum atomic E-state index is 11.5. The van der Waals surface area contributed by atoms with Gasteiger partial charge in [-0.1, -0.05) is 95.6 Å². The van der Waals surface area contributed by atoms with Gasteiger partial charge >= 0.3 is 29.0 Å². The molecule has 43 heavy (non-hydrogen) atoms. The van der Waals surface area contributed by atoms with Gasteiger partial charge < -0.3 is 30.8 Å². The van der Waals surface area contributed by atoms with Gasteiger partial charge in [-0.2, -0.15) is 11.4 Å². The van der Waals surface area contributed by atoms with Crippen LogP contribution in [-0.4, -0.2) is 34.2 Å². The number of hydrogen-bond donors (Lipinski definition) is 2. The Balaban J connectivity index is 0.00000423. The van der Waals surface area contributed by atoms with E-state index in [2.05, 4.69) is 33.4 Å². The van der Waals surface area contributed by atoms with Crippen molar-refractivity contribution < 1.29 is 36.9 Å². The summed E-state index contributed by atoms with van der Waals surface area (Å²) in [5.74, 6) is -1.73. The van der Waals surface area contributed by atoms with Crippen LogP contribution in [0, 0.1) is 13.8 Å². The van der Waals surface area contributed by atoms with E-state index in [0.29, 0.717) is 37.1 Å². The number of aromatic nitrogens is 2. The van der Waals surface area contributed by atoms with E-state index in [-0.39, 0.29) is 42.0 Å². The van der Waals surface area contributed by atoms with Crippen molar-refractivity contribution in [2.75, 3.05) is 0 Å². The second-order valence-electron chi connectivity index (χ2n) is 11.5. The molecule has 0 amide bonds. The van der Waals surface area contributed by atoms with E-state index >= 15 is 0 Å². The monoisotopic (exact) mass is 622 g/mol. The average Bonchev–Trinajstić information content (AvgIpc) is 3.59. The van der Waals surface area contributed by atoms with Crippen molar-refractivity contribution in [3.63, 3.8) is 0 Å². The van der Waals surface area contributed by atoms with Gasteiger partial charge in [0.25, 0.3) is 0 Å². The smallest absolute Gasteiger partial charge is 0.678 e. The molecule has 8 nitrogen and oxygen atoms in total. The first-order valence-electron chi connectivity index (χ1n) is 14.6. The maximum Gasteiger partial charge on any atom is 4.00 e. The summed E-state index contributed by atoms with van der Waals surface area (Å²) in [4.78, 5) is 33.2. The molecule has 2 N–H and O–H groups in total. The molecule has 3 aliphatic rings. The third-order valence-electron chi connectivity index (χ3n) is 9.02. The summed E-state index contributed by atoms with van der Waals surface area (Å²) in [6.07, 6.45) is 8.61. The third-order valence-corrected chi connectivity index (χ3v) is 9.02. The molecule has 0 radical (unpaired) electrons. The SMILES string of the molecule is C=Cc1c2[n-]c(c1C)/C=C1\[N-]C(Cc3[n-]c(c(CCC(=O)O)c3C)/C=C3\[N-]C(C2)C(C)=C3CCC(=O)O)C(C)=C1CC.[Fe+4]. The van der Waals surface area contributed by atoms with Gasteiger partial charge in [0.15, 0.2) is 0 Å². The summed E-state index contributed by atoms with van der Waals surface area (Å²) in [6.45, 7) is 14.5. The molecular weight excluding hydrogens is 584 g/mol. The number of allylic oxidation sites excluding steroid dienone is 2. The molecule has 0 aliphatic carbocycles. The van der Waals surface area contributed by atoms with Crippen LogP contribution in [0.4, 0.5) is 0 Å². The number of fused-ring (bicyclic) bond motifs is 8. The van der Waals surface area contributed by atoms with Crippen LogP contribution < -0.4 is 9.97 Å². The third kappa shape index (κ3) is 6.20. The van der Waals surface area contributed by atoms with Crippen molar-refractivity contribution in [2.45, 2.75) is 91.6 Å². The van der Waals surface area contributed by atoms with E-state index in [0.717, 1.165) is 62.6 Å². The van der Waals surface area contributed by atoms with E-state index in [9.17, 15) is 19.8 Å². The van der Waals surface area contributed by atoms with Gasteiger partial charge in [-0.3, -0.25) is 9.59 Å². The molecule has 2 atom stereocenters. The summed E-state index contributed by atoms with van der Waals surface area (Å²) in [6, 6.07) is -0.267. The molecule has 3 aliphatic heterocycles. The molecule has 0 saturated heterocycles. The number of carboxylic acids is 2. The Morgan fingerprint density at radius 2 is 1.37 bits per heavy atom. The molecule has 0 saturated carbocycles. The zero-order valence-electron chi connectivity index (χ0n) is 25.4. The van der Waals surface area contributed by atoms with Crippen LogP contribution in [0.15, 0.2) is 40.3 Å². The van der Waals surface area contributed by atoms with Crippen molar-refractivity contribution >= 4 is 30.2 Å². The summed E-state index contributed by atoms with van der Waals surface area (Å²) in [5, 5.41) is 29.2.